The molecule has 1 unspecified atom stereocenters. The Hall–Kier alpha value is -5.88. The molecule has 12 nitrogen and oxygen atoms in total. The van der Waals surface area contributed by atoms with Crippen LogP contribution < -0.4 is 10.9 Å². The Labute approximate surface area is 293 Å². The first-order valence-electron chi connectivity index (χ1n) is 16.6. The van der Waals surface area contributed by atoms with Crippen LogP contribution in [0.5, 0.6) is 0 Å². The van der Waals surface area contributed by atoms with Gasteiger partial charge in [0.15, 0.2) is 0 Å². The van der Waals surface area contributed by atoms with E-state index in [2.05, 4.69) is 5.32 Å². The van der Waals surface area contributed by atoms with Gasteiger partial charge in [-0.05, 0) is 55.7 Å². The molecule has 0 fully saturated rings. The van der Waals surface area contributed by atoms with Crippen LogP contribution in [0.1, 0.15) is 67.3 Å². The van der Waals surface area contributed by atoms with Crippen LogP contribution in [-0.2, 0) is 47.3 Å². The summed E-state index contributed by atoms with van der Waals surface area (Å²) < 4.78 is 17.1. The maximum atomic E-state index is 13.9. The number of carbonyl (C=O) groups is 3. The lowest BCUT2D eigenvalue weighted by atomic mass is 9.80. The maximum absolute atomic E-state index is 13.9. The number of nitrogens with zero attached hydrogens (tertiary/aromatic N) is 3. The lowest BCUT2D eigenvalue weighted by Crippen LogP contribution is -2.32. The van der Waals surface area contributed by atoms with Gasteiger partial charge in [-0.1, -0.05) is 37.3 Å². The standard InChI is InChI=1S/C39H36N4O8/c1-6-39(48)16-31(44)51-19-27-28(39)15-30-35-26(18-43(30)36(27)45)25(24-9-7-8-10-29(24)42-35)17-40-23-13-11-22(12-14-23)34-32(37(46)49-4)20(2)41-21(3)33(34)38(47)50-5/h7-15,17,34,41,48H,6,16,18-19H2,1-5H3. The summed E-state index contributed by atoms with van der Waals surface area (Å²) in [6.07, 6.45) is 1.73. The number of ether oxygens (including phenoxy) is 3. The first-order chi connectivity index (χ1) is 24.5. The van der Waals surface area contributed by atoms with Crippen molar-refractivity contribution < 1.29 is 33.7 Å². The molecular weight excluding hydrogens is 652 g/mol. The lowest BCUT2D eigenvalue weighted by molar-refractivity contribution is -0.149. The van der Waals surface area contributed by atoms with E-state index in [1.165, 1.54) is 14.2 Å². The molecule has 0 bridgehead atoms. The Morgan fingerprint density at radius 3 is 2.35 bits per heavy atom. The average Bonchev–Trinajstić information content (AvgIpc) is 3.44. The second-order valence-corrected chi connectivity index (χ2v) is 12.9. The number of cyclic esters (lactones) is 1. The molecule has 0 radical (unpaired) electrons. The van der Waals surface area contributed by atoms with Gasteiger partial charge in [0.1, 0.15) is 12.2 Å². The van der Waals surface area contributed by atoms with Crippen LogP contribution in [0.3, 0.4) is 0 Å². The molecule has 3 aliphatic rings. The first-order valence-corrected chi connectivity index (χ1v) is 16.6. The fourth-order valence-corrected chi connectivity index (χ4v) is 7.39. The number of allylic oxidation sites excluding steroid dienone is 2. The van der Waals surface area contributed by atoms with Gasteiger partial charge in [0.25, 0.3) is 5.56 Å². The molecule has 5 heterocycles. The summed E-state index contributed by atoms with van der Waals surface area (Å²) in [4.78, 5) is 61.9. The van der Waals surface area contributed by atoms with Crippen molar-refractivity contribution in [3.63, 3.8) is 0 Å². The van der Waals surface area contributed by atoms with Gasteiger partial charge in [0.2, 0.25) is 0 Å². The second kappa shape index (κ2) is 12.8. The molecule has 0 saturated carbocycles. The molecule has 0 aliphatic carbocycles. The van der Waals surface area contributed by atoms with Gasteiger partial charge in [-0.3, -0.25) is 14.6 Å². The van der Waals surface area contributed by atoms with Crippen molar-refractivity contribution in [2.24, 2.45) is 4.99 Å². The number of aliphatic hydroxyl groups is 1. The third-order valence-electron chi connectivity index (χ3n) is 10.0. The van der Waals surface area contributed by atoms with Gasteiger partial charge < -0.3 is 29.2 Å². The summed E-state index contributed by atoms with van der Waals surface area (Å²) in [6.45, 7) is 5.29. The highest BCUT2D eigenvalue weighted by Gasteiger charge is 2.40. The van der Waals surface area contributed by atoms with Crippen LogP contribution >= 0.6 is 0 Å². The molecule has 2 aromatic carbocycles. The second-order valence-electron chi connectivity index (χ2n) is 12.9. The smallest absolute Gasteiger partial charge is 0.336 e. The molecule has 0 spiro atoms. The number of pyridine rings is 2. The normalized spacial score (nSPS) is 18.6. The molecule has 3 aliphatic heterocycles. The monoisotopic (exact) mass is 688 g/mol. The molecule has 4 aromatic rings. The Morgan fingerprint density at radius 2 is 1.71 bits per heavy atom. The van der Waals surface area contributed by atoms with Gasteiger partial charge in [-0.15, -0.1) is 0 Å². The molecule has 7 rings (SSSR count). The molecule has 2 N–H and O–H groups in total. The van der Waals surface area contributed by atoms with E-state index in [9.17, 15) is 24.3 Å². The number of para-hydroxylation sites is 1. The summed E-state index contributed by atoms with van der Waals surface area (Å²) in [5.41, 5.74) is 5.26. The Kier molecular flexibility index (Phi) is 8.42. The van der Waals surface area contributed by atoms with Crippen molar-refractivity contribution >= 4 is 40.7 Å². The van der Waals surface area contributed by atoms with Crippen LogP contribution in [-0.4, -0.2) is 53.0 Å². The minimum atomic E-state index is -1.54. The van der Waals surface area contributed by atoms with E-state index in [0.29, 0.717) is 56.3 Å². The summed E-state index contributed by atoms with van der Waals surface area (Å²) in [5.74, 6) is -2.40. The zero-order valence-electron chi connectivity index (χ0n) is 28.8. The average molecular weight is 689 g/mol. The highest BCUT2D eigenvalue weighted by Crippen LogP contribution is 2.42. The maximum Gasteiger partial charge on any atom is 0.336 e. The van der Waals surface area contributed by atoms with Crippen molar-refractivity contribution in [2.45, 2.75) is 58.3 Å². The van der Waals surface area contributed by atoms with E-state index in [4.69, 9.17) is 24.2 Å². The minimum absolute atomic E-state index is 0.212. The lowest BCUT2D eigenvalue weighted by Gasteiger charge is -2.30. The Bertz CT molecular complexity index is 2280. The number of aromatic nitrogens is 2. The third kappa shape index (κ3) is 5.52. The number of methoxy groups -OCH3 is 2. The third-order valence-corrected chi connectivity index (χ3v) is 10.0. The predicted octanol–water partition coefficient (Wildman–Crippen LogP) is 4.80. The van der Waals surface area contributed by atoms with Crippen LogP contribution in [0, 0.1) is 0 Å². The zero-order chi connectivity index (χ0) is 36.2. The fourth-order valence-electron chi connectivity index (χ4n) is 7.39. The highest BCUT2D eigenvalue weighted by atomic mass is 16.5. The summed E-state index contributed by atoms with van der Waals surface area (Å²) in [5, 5.41) is 15.5. The fraction of sp³-hybridized carbons (Fsp3) is 0.282. The molecule has 2 aromatic heterocycles. The summed E-state index contributed by atoms with van der Waals surface area (Å²) >= 11 is 0. The van der Waals surface area contributed by atoms with Crippen molar-refractivity contribution in [3.8, 4) is 11.4 Å². The van der Waals surface area contributed by atoms with Crippen LogP contribution in [0.15, 0.2) is 86.9 Å². The van der Waals surface area contributed by atoms with E-state index in [1.807, 2.05) is 36.4 Å². The molecule has 0 saturated heterocycles. The number of aliphatic imine (C=N–C) groups is 1. The van der Waals surface area contributed by atoms with Crippen molar-refractivity contribution in [2.75, 3.05) is 14.2 Å². The summed E-state index contributed by atoms with van der Waals surface area (Å²) in [7, 11) is 2.60. The topological polar surface area (TPSA) is 158 Å². The highest BCUT2D eigenvalue weighted by molar-refractivity contribution is 6.03. The number of fused-ring (bicyclic) bond motifs is 5. The number of nitrogens with one attached hydrogen (secondary N) is 1. The number of rotatable bonds is 6. The molecule has 0 amide bonds. The van der Waals surface area contributed by atoms with Gasteiger partial charge in [0.05, 0.1) is 72.4 Å². The van der Waals surface area contributed by atoms with Crippen molar-refractivity contribution in [3.05, 3.63) is 115 Å². The number of hydrogen-bond acceptors (Lipinski definition) is 11. The molecular formula is C39H36N4O8. The molecule has 260 valence electrons. The number of hydrogen-bond donors (Lipinski definition) is 2. The van der Waals surface area contributed by atoms with Gasteiger partial charge in [0, 0.05) is 34.1 Å². The zero-order valence-corrected chi connectivity index (χ0v) is 28.8. The van der Waals surface area contributed by atoms with E-state index >= 15 is 0 Å². The van der Waals surface area contributed by atoms with Crippen molar-refractivity contribution in [1.29, 1.82) is 0 Å². The Balaban J connectivity index is 1.30. The van der Waals surface area contributed by atoms with Crippen LogP contribution in [0.2, 0.25) is 0 Å². The molecule has 12 heteroatoms. The number of esters is 3. The van der Waals surface area contributed by atoms with E-state index in [0.717, 1.165) is 16.5 Å². The van der Waals surface area contributed by atoms with E-state index in [-0.39, 0.29) is 37.1 Å². The number of dihydropyridines is 1. The number of carbonyl (C=O) groups excluding carboxylic acids is 3. The van der Waals surface area contributed by atoms with Gasteiger partial charge in [-0.25, -0.2) is 14.6 Å². The van der Waals surface area contributed by atoms with Crippen LogP contribution in [0.25, 0.3) is 22.3 Å². The van der Waals surface area contributed by atoms with Gasteiger partial charge >= 0.3 is 17.9 Å². The quantitative estimate of drug-likeness (QED) is 0.144. The molecule has 51 heavy (non-hydrogen) atoms. The first kappa shape index (κ1) is 33.6. The number of benzene rings is 2. The van der Waals surface area contributed by atoms with Gasteiger partial charge in [-0.2, -0.15) is 0 Å². The van der Waals surface area contributed by atoms with E-state index in [1.54, 1.807) is 49.8 Å². The summed E-state index contributed by atoms with van der Waals surface area (Å²) in [6, 6.07) is 16.6. The molecule has 1 atom stereocenters. The van der Waals surface area contributed by atoms with Crippen molar-refractivity contribution in [1.82, 2.24) is 14.9 Å². The SMILES string of the molecule is CCC1(O)CC(=O)OCc2c1cc1n(c2=O)Cc2c-1nc1ccccc1c2C=Nc1ccc(C2C(C(=O)OC)=C(C)NC(C)=C2C(=O)OC)cc1. The van der Waals surface area contributed by atoms with Crippen LogP contribution in [0.4, 0.5) is 5.69 Å². The predicted molar refractivity (Wildman–Crippen MR) is 188 cm³/mol. The van der Waals surface area contributed by atoms with E-state index < -0.39 is 29.4 Å². The largest absolute Gasteiger partial charge is 0.466 e. The minimum Gasteiger partial charge on any atom is -0.466 e. The Morgan fingerprint density at radius 1 is 1.04 bits per heavy atom.